The summed E-state index contributed by atoms with van der Waals surface area (Å²) in [6, 6.07) is 13.5. The van der Waals surface area contributed by atoms with Crippen LogP contribution in [0.1, 0.15) is 29.8 Å². The van der Waals surface area contributed by atoms with Gasteiger partial charge in [-0.25, -0.2) is 0 Å². The zero-order valence-corrected chi connectivity index (χ0v) is 16.5. The van der Waals surface area contributed by atoms with E-state index in [2.05, 4.69) is 5.32 Å². The van der Waals surface area contributed by atoms with Crippen LogP contribution < -0.4 is 5.32 Å². The Hall–Kier alpha value is -2.04. The number of carbonyl (C=O) groups excluding carboxylic acids is 2. The van der Waals surface area contributed by atoms with Crippen LogP contribution in [0.3, 0.4) is 0 Å². The van der Waals surface area contributed by atoms with E-state index in [9.17, 15) is 9.59 Å². The zero-order valence-electron chi connectivity index (χ0n) is 15.0. The van der Waals surface area contributed by atoms with Crippen LogP contribution in [-0.4, -0.2) is 29.8 Å². The minimum atomic E-state index is -0.650. The summed E-state index contributed by atoms with van der Waals surface area (Å²) in [5.41, 5.74) is 1.28. The van der Waals surface area contributed by atoms with Gasteiger partial charge in [0.25, 0.3) is 5.91 Å². The molecule has 26 heavy (non-hydrogen) atoms. The van der Waals surface area contributed by atoms with Gasteiger partial charge in [-0.1, -0.05) is 61.3 Å². The Morgan fingerprint density at radius 3 is 2.38 bits per heavy atom. The van der Waals surface area contributed by atoms with E-state index in [1.165, 1.54) is 0 Å². The average molecular weight is 393 g/mol. The van der Waals surface area contributed by atoms with Gasteiger partial charge in [0, 0.05) is 18.6 Å². The number of amides is 2. The minimum absolute atomic E-state index is 0.0734. The zero-order chi connectivity index (χ0) is 19.3. The summed E-state index contributed by atoms with van der Waals surface area (Å²) in [5, 5.41) is 3.79. The van der Waals surface area contributed by atoms with Gasteiger partial charge in [-0.3, -0.25) is 9.59 Å². The van der Waals surface area contributed by atoms with E-state index in [1.807, 2.05) is 32.0 Å². The summed E-state index contributed by atoms with van der Waals surface area (Å²) in [4.78, 5) is 27.0. The van der Waals surface area contributed by atoms with E-state index in [0.29, 0.717) is 22.2 Å². The summed E-state index contributed by atoms with van der Waals surface area (Å²) in [5.74, 6) is -0.602. The number of hydrogen-bond acceptors (Lipinski definition) is 2. The lowest BCUT2D eigenvalue weighted by atomic mass is 10.0. The second-order valence-corrected chi connectivity index (χ2v) is 7.34. The smallest absolute Gasteiger partial charge is 0.253 e. The summed E-state index contributed by atoms with van der Waals surface area (Å²) >= 11 is 12.1. The number of hydrogen-bond donors (Lipinski definition) is 1. The maximum atomic E-state index is 12.9. The Balaban J connectivity index is 2.11. The van der Waals surface area contributed by atoms with Crippen molar-refractivity contribution >= 4 is 35.0 Å². The molecule has 4 nitrogen and oxygen atoms in total. The van der Waals surface area contributed by atoms with E-state index in [0.717, 1.165) is 5.56 Å². The van der Waals surface area contributed by atoms with Crippen LogP contribution in [0.15, 0.2) is 48.5 Å². The van der Waals surface area contributed by atoms with Crippen LogP contribution in [0.4, 0.5) is 0 Å². The second-order valence-electron chi connectivity index (χ2n) is 6.50. The molecule has 2 rings (SSSR count). The first kappa shape index (κ1) is 20.3. The molecule has 0 aliphatic heterocycles. The molecule has 0 saturated heterocycles. The summed E-state index contributed by atoms with van der Waals surface area (Å²) in [7, 11) is 1.71. The highest BCUT2D eigenvalue weighted by Crippen LogP contribution is 2.17. The number of nitrogens with one attached hydrogen (secondary N) is 1. The summed E-state index contributed by atoms with van der Waals surface area (Å²) < 4.78 is 0. The van der Waals surface area contributed by atoms with Crippen LogP contribution in [0.5, 0.6) is 0 Å². The van der Waals surface area contributed by atoms with Crippen molar-refractivity contribution in [1.29, 1.82) is 0 Å². The maximum Gasteiger partial charge on any atom is 0.253 e. The maximum absolute atomic E-state index is 12.9. The van der Waals surface area contributed by atoms with Crippen molar-refractivity contribution in [2.45, 2.75) is 26.4 Å². The molecule has 0 spiro atoms. The van der Waals surface area contributed by atoms with Gasteiger partial charge in [0.1, 0.15) is 6.04 Å². The van der Waals surface area contributed by atoms with Gasteiger partial charge in [-0.2, -0.15) is 0 Å². The van der Waals surface area contributed by atoms with Crippen molar-refractivity contribution in [2.24, 2.45) is 5.92 Å². The molecule has 1 N–H and O–H groups in total. The molecule has 0 heterocycles. The van der Waals surface area contributed by atoms with E-state index in [1.54, 1.807) is 42.3 Å². The number of nitrogens with zero attached hydrogens (tertiary/aromatic N) is 1. The van der Waals surface area contributed by atoms with Crippen LogP contribution in [0.25, 0.3) is 0 Å². The van der Waals surface area contributed by atoms with Crippen molar-refractivity contribution in [3.8, 4) is 0 Å². The monoisotopic (exact) mass is 392 g/mol. The normalized spacial score (nSPS) is 11.9. The van der Waals surface area contributed by atoms with Crippen molar-refractivity contribution in [3.05, 3.63) is 69.7 Å². The Bertz CT molecular complexity index is 793. The third-order valence-corrected chi connectivity index (χ3v) is 4.59. The van der Waals surface area contributed by atoms with E-state index >= 15 is 0 Å². The number of benzene rings is 2. The molecule has 1 atom stereocenters. The highest BCUT2D eigenvalue weighted by Gasteiger charge is 2.28. The molecule has 2 aromatic rings. The van der Waals surface area contributed by atoms with Gasteiger partial charge in [0.2, 0.25) is 5.91 Å². The Morgan fingerprint density at radius 2 is 1.77 bits per heavy atom. The van der Waals surface area contributed by atoms with Crippen LogP contribution in [0.2, 0.25) is 10.0 Å². The van der Waals surface area contributed by atoms with E-state index in [4.69, 9.17) is 23.2 Å². The lowest BCUT2D eigenvalue weighted by Crippen LogP contribution is -2.50. The molecule has 2 amide bonds. The molecular weight excluding hydrogens is 371 g/mol. The highest BCUT2D eigenvalue weighted by molar-refractivity contribution is 6.33. The van der Waals surface area contributed by atoms with Crippen molar-refractivity contribution in [2.75, 3.05) is 7.05 Å². The molecule has 6 heteroatoms. The Labute approximate surface area is 164 Å². The fourth-order valence-corrected chi connectivity index (χ4v) is 3.04. The molecule has 2 aromatic carbocycles. The summed E-state index contributed by atoms with van der Waals surface area (Å²) in [6.45, 7) is 4.19. The van der Waals surface area contributed by atoms with Crippen LogP contribution in [0, 0.1) is 5.92 Å². The van der Waals surface area contributed by atoms with Crippen molar-refractivity contribution in [1.82, 2.24) is 10.2 Å². The molecule has 0 aromatic heterocycles. The SMILES string of the molecule is CC(C)C(NC(=O)c1ccccc1Cl)C(=O)N(C)Cc1cccc(Cl)c1. The molecular formula is C20H22Cl2N2O2. The fraction of sp³-hybridized carbons (Fsp3) is 0.300. The first-order chi connectivity index (χ1) is 12.3. The third-order valence-electron chi connectivity index (χ3n) is 4.02. The van der Waals surface area contributed by atoms with Gasteiger partial charge in [-0.15, -0.1) is 0 Å². The topological polar surface area (TPSA) is 49.4 Å². The van der Waals surface area contributed by atoms with Crippen LogP contribution in [-0.2, 0) is 11.3 Å². The van der Waals surface area contributed by atoms with Gasteiger partial charge in [0.05, 0.1) is 10.6 Å². The third kappa shape index (κ3) is 5.23. The quantitative estimate of drug-likeness (QED) is 0.791. The van der Waals surface area contributed by atoms with E-state index in [-0.39, 0.29) is 17.7 Å². The lowest BCUT2D eigenvalue weighted by molar-refractivity contribution is -0.133. The standard InChI is InChI=1S/C20H22Cl2N2O2/c1-13(2)18(23-19(25)16-9-4-5-10-17(16)22)20(26)24(3)12-14-7-6-8-15(21)11-14/h4-11,13,18H,12H2,1-3H3,(H,23,25). The van der Waals surface area contributed by atoms with Crippen molar-refractivity contribution < 1.29 is 9.59 Å². The van der Waals surface area contributed by atoms with Crippen molar-refractivity contribution in [3.63, 3.8) is 0 Å². The first-order valence-electron chi connectivity index (χ1n) is 8.34. The number of rotatable bonds is 6. The largest absolute Gasteiger partial charge is 0.340 e. The van der Waals surface area contributed by atoms with E-state index < -0.39 is 6.04 Å². The van der Waals surface area contributed by atoms with Gasteiger partial charge in [0.15, 0.2) is 0 Å². The number of halogens is 2. The number of carbonyl (C=O) groups is 2. The molecule has 0 fully saturated rings. The molecule has 0 radical (unpaired) electrons. The minimum Gasteiger partial charge on any atom is -0.340 e. The van der Waals surface area contributed by atoms with Gasteiger partial charge >= 0.3 is 0 Å². The lowest BCUT2D eigenvalue weighted by Gasteiger charge is -2.27. The molecule has 0 aliphatic carbocycles. The van der Waals surface area contributed by atoms with Gasteiger partial charge in [-0.05, 0) is 35.7 Å². The van der Waals surface area contributed by atoms with Gasteiger partial charge < -0.3 is 10.2 Å². The first-order valence-corrected chi connectivity index (χ1v) is 9.10. The molecule has 0 saturated carbocycles. The predicted molar refractivity (Wildman–Crippen MR) is 105 cm³/mol. The summed E-state index contributed by atoms with van der Waals surface area (Å²) in [6.07, 6.45) is 0. The number of likely N-dealkylation sites (N-methyl/N-ethyl adjacent to an activating group) is 1. The predicted octanol–water partition coefficient (Wildman–Crippen LogP) is 4.41. The molecule has 0 aliphatic rings. The fourth-order valence-electron chi connectivity index (χ4n) is 2.60. The highest BCUT2D eigenvalue weighted by atomic mass is 35.5. The Kier molecular flexibility index (Phi) is 7.06. The average Bonchev–Trinajstić information content (AvgIpc) is 2.59. The van der Waals surface area contributed by atoms with Crippen LogP contribution >= 0.6 is 23.2 Å². The molecule has 0 bridgehead atoms. The molecule has 138 valence electrons. The molecule has 1 unspecified atom stereocenters. The Morgan fingerprint density at radius 1 is 1.08 bits per heavy atom. The second kappa shape index (κ2) is 9.06.